The molecule has 0 atom stereocenters. The summed E-state index contributed by atoms with van der Waals surface area (Å²) in [5.74, 6) is -3.52. The number of sulfonamides is 1. The van der Waals surface area contributed by atoms with Gasteiger partial charge in [0.2, 0.25) is 10.0 Å². The molecule has 1 aliphatic rings. The Kier molecular flexibility index (Phi) is 6.82. The molecule has 0 unspecified atom stereocenters. The van der Waals surface area contributed by atoms with Crippen LogP contribution in [0, 0.1) is 24.4 Å². The summed E-state index contributed by atoms with van der Waals surface area (Å²) in [6.45, 7) is 5.67. The minimum atomic E-state index is -3.79. The van der Waals surface area contributed by atoms with Gasteiger partial charge in [0.25, 0.3) is 0 Å². The molecule has 0 aliphatic heterocycles. The van der Waals surface area contributed by atoms with Crippen LogP contribution in [0.25, 0.3) is 0 Å². The van der Waals surface area contributed by atoms with E-state index in [2.05, 4.69) is 10.0 Å². The highest BCUT2D eigenvalue weighted by atomic mass is 32.2. The topological polar surface area (TPSA) is 67.4 Å². The van der Waals surface area contributed by atoms with Gasteiger partial charge in [0.05, 0.1) is 18.0 Å². The van der Waals surface area contributed by atoms with Gasteiger partial charge in [-0.2, -0.15) is 0 Å². The van der Waals surface area contributed by atoms with E-state index in [-0.39, 0.29) is 17.1 Å². The van der Waals surface area contributed by atoms with Gasteiger partial charge in [-0.1, -0.05) is 19.9 Å². The van der Waals surface area contributed by atoms with Crippen LogP contribution in [-0.4, -0.2) is 20.8 Å². The van der Waals surface area contributed by atoms with Gasteiger partial charge in [-0.15, -0.1) is 0 Å². The quantitative estimate of drug-likeness (QED) is 0.688. The van der Waals surface area contributed by atoms with Gasteiger partial charge in [-0.3, -0.25) is 4.72 Å². The van der Waals surface area contributed by atoms with Gasteiger partial charge < -0.3 is 10.1 Å². The maximum atomic E-state index is 14.4. The normalized spacial score (nSPS) is 13.4. The largest absolute Gasteiger partial charge is 0.494 e. The third-order valence-corrected chi connectivity index (χ3v) is 5.83. The smallest absolute Gasteiger partial charge is 0.235 e. The number of methoxy groups -OCH3 is 1. The average molecular weight is 416 g/mol. The molecule has 1 saturated carbocycles. The molecule has 2 N–H and O–H groups in total. The van der Waals surface area contributed by atoms with Crippen molar-refractivity contribution in [3.63, 3.8) is 0 Å². The van der Waals surface area contributed by atoms with E-state index in [0.717, 1.165) is 6.07 Å². The number of hydrogen-bond donors (Lipinski definition) is 2. The summed E-state index contributed by atoms with van der Waals surface area (Å²) >= 11 is 0. The van der Waals surface area contributed by atoms with Crippen molar-refractivity contribution in [2.75, 3.05) is 17.1 Å². The van der Waals surface area contributed by atoms with Crippen LogP contribution in [0.1, 0.15) is 32.3 Å². The SMILES string of the molecule is CC.COc1cc(F)c(F)c(Nc2ccc(C)cc2F)c1NS(=O)(=O)C1CC1. The summed E-state index contributed by atoms with van der Waals surface area (Å²) in [5, 5.41) is 1.84. The molecule has 0 amide bonds. The molecule has 2 aromatic rings. The van der Waals surface area contributed by atoms with E-state index in [4.69, 9.17) is 4.74 Å². The molecular weight excluding hydrogens is 393 g/mol. The van der Waals surface area contributed by atoms with Gasteiger partial charge >= 0.3 is 0 Å². The van der Waals surface area contributed by atoms with Gasteiger partial charge in [0.1, 0.15) is 22.9 Å². The molecule has 154 valence electrons. The van der Waals surface area contributed by atoms with Gasteiger partial charge in [0, 0.05) is 6.07 Å². The van der Waals surface area contributed by atoms with Crippen molar-refractivity contribution in [3.8, 4) is 5.75 Å². The summed E-state index contributed by atoms with van der Waals surface area (Å²) in [5.41, 5.74) is -0.346. The van der Waals surface area contributed by atoms with Crippen LogP contribution in [-0.2, 0) is 10.0 Å². The number of nitrogens with one attached hydrogen (secondary N) is 2. The van der Waals surface area contributed by atoms with Gasteiger partial charge in [-0.05, 0) is 37.5 Å². The summed E-state index contributed by atoms with van der Waals surface area (Å²) in [4.78, 5) is 0. The standard InChI is InChI=1S/C17H17F3N2O3S.C2H6/c1-9-3-6-13(11(18)7-9)21-17-15(20)12(19)8-14(25-2)16(17)22-26(23,24)10-4-5-10;1-2/h3,6-8,10,21-22H,4-5H2,1-2H3;1-2H3. The first-order chi connectivity index (χ1) is 13.2. The molecule has 0 aromatic heterocycles. The minimum absolute atomic E-state index is 0.131. The molecule has 9 heteroatoms. The molecule has 3 rings (SSSR count). The number of anilines is 3. The van der Waals surface area contributed by atoms with E-state index in [0.29, 0.717) is 18.4 Å². The Labute approximate surface area is 163 Å². The van der Waals surface area contributed by atoms with E-state index in [9.17, 15) is 21.6 Å². The maximum absolute atomic E-state index is 14.4. The van der Waals surface area contributed by atoms with Crippen molar-refractivity contribution < 1.29 is 26.3 Å². The molecule has 5 nitrogen and oxygen atoms in total. The van der Waals surface area contributed by atoms with Gasteiger partial charge in [-0.25, -0.2) is 21.6 Å². The van der Waals surface area contributed by atoms with Crippen molar-refractivity contribution >= 4 is 27.1 Å². The summed E-state index contributed by atoms with van der Waals surface area (Å²) in [7, 11) is -2.59. The molecule has 1 aliphatic carbocycles. The lowest BCUT2D eigenvalue weighted by molar-refractivity contribution is 0.409. The second-order valence-electron chi connectivity index (χ2n) is 6.08. The maximum Gasteiger partial charge on any atom is 0.235 e. The second kappa shape index (κ2) is 8.72. The van der Waals surface area contributed by atoms with Crippen molar-refractivity contribution in [3.05, 3.63) is 47.3 Å². The first-order valence-electron chi connectivity index (χ1n) is 8.83. The Balaban J connectivity index is 0.00000136. The first kappa shape index (κ1) is 21.9. The molecule has 28 heavy (non-hydrogen) atoms. The third-order valence-electron chi connectivity index (χ3n) is 4.00. The number of benzene rings is 2. The fourth-order valence-electron chi connectivity index (χ4n) is 2.44. The van der Waals surface area contributed by atoms with E-state index in [1.807, 2.05) is 13.8 Å². The molecule has 0 saturated heterocycles. The number of rotatable bonds is 6. The Morgan fingerprint density at radius 3 is 2.21 bits per heavy atom. The van der Waals surface area contributed by atoms with Crippen LogP contribution in [0.3, 0.4) is 0 Å². The van der Waals surface area contributed by atoms with Crippen LogP contribution < -0.4 is 14.8 Å². The monoisotopic (exact) mass is 416 g/mol. The Bertz CT molecular complexity index is 961. The van der Waals surface area contributed by atoms with Crippen LogP contribution in [0.5, 0.6) is 5.75 Å². The summed E-state index contributed by atoms with van der Waals surface area (Å²) in [6, 6.07) is 4.87. The number of hydrogen-bond acceptors (Lipinski definition) is 4. The Morgan fingerprint density at radius 1 is 1.04 bits per heavy atom. The highest BCUT2D eigenvalue weighted by molar-refractivity contribution is 7.93. The van der Waals surface area contributed by atoms with E-state index in [1.54, 1.807) is 13.0 Å². The lowest BCUT2D eigenvalue weighted by atomic mass is 10.2. The van der Waals surface area contributed by atoms with Crippen LogP contribution in [0.4, 0.5) is 30.2 Å². The minimum Gasteiger partial charge on any atom is -0.494 e. The number of aryl methyl sites for hydroxylation is 1. The fraction of sp³-hybridized carbons (Fsp3) is 0.368. The molecule has 0 heterocycles. The van der Waals surface area contributed by atoms with Crippen molar-refractivity contribution in [1.82, 2.24) is 0 Å². The zero-order valence-corrected chi connectivity index (χ0v) is 16.9. The average Bonchev–Trinajstić information content (AvgIpc) is 3.50. The van der Waals surface area contributed by atoms with Crippen LogP contribution in [0.2, 0.25) is 0 Å². The Morgan fingerprint density at radius 2 is 1.68 bits per heavy atom. The third kappa shape index (κ3) is 4.70. The van der Waals surface area contributed by atoms with E-state index < -0.39 is 38.4 Å². The molecule has 0 radical (unpaired) electrons. The molecule has 0 spiro atoms. The zero-order chi connectivity index (χ0) is 21.1. The fourth-order valence-corrected chi connectivity index (χ4v) is 3.85. The van der Waals surface area contributed by atoms with E-state index >= 15 is 0 Å². The second-order valence-corrected chi connectivity index (χ2v) is 8.04. The van der Waals surface area contributed by atoms with Crippen LogP contribution >= 0.6 is 0 Å². The molecular formula is C19H23F3N2O3S. The summed E-state index contributed by atoms with van der Waals surface area (Å²) in [6.07, 6.45) is 0.966. The molecule has 0 bridgehead atoms. The van der Waals surface area contributed by atoms with Gasteiger partial charge in [0.15, 0.2) is 11.6 Å². The number of halogens is 3. The highest BCUT2D eigenvalue weighted by Gasteiger charge is 2.37. The predicted octanol–water partition coefficient (Wildman–Crippen LogP) is 5.09. The van der Waals surface area contributed by atoms with Crippen molar-refractivity contribution in [1.29, 1.82) is 0 Å². The molecule has 1 fully saturated rings. The van der Waals surface area contributed by atoms with Crippen molar-refractivity contribution in [2.24, 2.45) is 0 Å². The first-order valence-corrected chi connectivity index (χ1v) is 10.4. The summed E-state index contributed by atoms with van der Waals surface area (Å²) < 4.78 is 74.2. The van der Waals surface area contributed by atoms with Crippen molar-refractivity contribution in [2.45, 2.75) is 38.9 Å². The molecule has 2 aromatic carbocycles. The Hall–Kier alpha value is -2.42. The van der Waals surface area contributed by atoms with E-state index in [1.165, 1.54) is 19.2 Å². The lowest BCUT2D eigenvalue weighted by Gasteiger charge is -2.18. The van der Waals surface area contributed by atoms with Crippen LogP contribution in [0.15, 0.2) is 24.3 Å². The zero-order valence-electron chi connectivity index (χ0n) is 16.1. The predicted molar refractivity (Wildman–Crippen MR) is 104 cm³/mol. The lowest BCUT2D eigenvalue weighted by Crippen LogP contribution is -2.19. The number of ether oxygens (including phenoxy) is 1. The highest BCUT2D eigenvalue weighted by Crippen LogP contribution is 2.41.